The van der Waals surface area contributed by atoms with Crippen molar-refractivity contribution in [2.45, 2.75) is 53.9 Å². The normalized spacial score (nSPS) is 13.0. The molecular weight excluding hydrogens is 346 g/mol. The predicted molar refractivity (Wildman–Crippen MR) is 114 cm³/mol. The highest BCUT2D eigenvalue weighted by Gasteiger charge is 2.31. The maximum atomic E-state index is 6.28. The largest absolute Gasteiger partial charge is 0.449 e. The monoisotopic (exact) mass is 373 g/mol. The average Bonchev–Trinajstić information content (AvgIpc) is 2.61. The quantitative estimate of drug-likeness (QED) is 0.377. The number of ether oxygens (including phenoxy) is 1. The smallest absolute Gasteiger partial charge is 0.181 e. The standard InChI is InChI=1S/C24H27N3O/c1-14-8-10-26-23-21(14)28-22-17(4)25-11-9-19(22)27(23)20-15(2)12-18(13-16(20)3)24(5,6)7/h8-13H,1-7H3. The number of anilines is 3. The van der Waals surface area contributed by atoms with Gasteiger partial charge in [-0.2, -0.15) is 0 Å². The van der Waals surface area contributed by atoms with Crippen LogP contribution in [0.2, 0.25) is 0 Å². The van der Waals surface area contributed by atoms with E-state index in [1.807, 2.05) is 31.5 Å². The molecule has 2 aromatic heterocycles. The summed E-state index contributed by atoms with van der Waals surface area (Å²) in [6.07, 6.45) is 3.68. The molecule has 1 aromatic carbocycles. The third-order valence-corrected chi connectivity index (χ3v) is 5.38. The van der Waals surface area contributed by atoms with E-state index in [1.165, 1.54) is 16.7 Å². The first-order valence-electron chi connectivity index (χ1n) is 9.69. The second-order valence-corrected chi connectivity index (χ2v) is 8.67. The first-order valence-corrected chi connectivity index (χ1v) is 9.69. The molecule has 4 heteroatoms. The number of rotatable bonds is 1. The Morgan fingerprint density at radius 3 is 2.11 bits per heavy atom. The van der Waals surface area contributed by atoms with E-state index in [-0.39, 0.29) is 5.41 Å². The number of hydrogen-bond donors (Lipinski definition) is 0. The third kappa shape index (κ3) is 2.84. The van der Waals surface area contributed by atoms with E-state index in [4.69, 9.17) is 9.72 Å². The van der Waals surface area contributed by atoms with Crippen molar-refractivity contribution in [3.8, 4) is 11.5 Å². The van der Waals surface area contributed by atoms with Crippen LogP contribution < -0.4 is 9.64 Å². The molecule has 0 N–H and O–H groups in total. The van der Waals surface area contributed by atoms with Crippen molar-refractivity contribution >= 4 is 17.2 Å². The Labute approximate surface area is 167 Å². The van der Waals surface area contributed by atoms with Crippen molar-refractivity contribution in [3.05, 3.63) is 64.6 Å². The van der Waals surface area contributed by atoms with Crippen molar-refractivity contribution < 1.29 is 4.74 Å². The van der Waals surface area contributed by atoms with Gasteiger partial charge < -0.3 is 4.74 Å². The van der Waals surface area contributed by atoms with Gasteiger partial charge in [-0.25, -0.2) is 4.98 Å². The van der Waals surface area contributed by atoms with Gasteiger partial charge in [-0.05, 0) is 67.5 Å². The highest BCUT2D eigenvalue weighted by Crippen LogP contribution is 2.52. The number of pyridine rings is 2. The van der Waals surface area contributed by atoms with Crippen molar-refractivity contribution in [3.63, 3.8) is 0 Å². The van der Waals surface area contributed by atoms with Crippen LogP contribution in [0, 0.1) is 27.7 Å². The van der Waals surface area contributed by atoms with Crippen LogP contribution in [0.15, 0.2) is 36.7 Å². The van der Waals surface area contributed by atoms with Gasteiger partial charge in [0.1, 0.15) is 0 Å². The Kier molecular flexibility index (Phi) is 4.18. The molecule has 0 saturated carbocycles. The van der Waals surface area contributed by atoms with E-state index in [0.29, 0.717) is 0 Å². The van der Waals surface area contributed by atoms with Crippen LogP contribution in [0.1, 0.15) is 48.7 Å². The van der Waals surface area contributed by atoms with Crippen LogP contribution in [-0.4, -0.2) is 9.97 Å². The minimum Gasteiger partial charge on any atom is -0.449 e. The fourth-order valence-corrected chi connectivity index (χ4v) is 3.84. The minimum absolute atomic E-state index is 0.101. The molecule has 0 bridgehead atoms. The van der Waals surface area contributed by atoms with Gasteiger partial charge in [0.2, 0.25) is 0 Å². The van der Waals surface area contributed by atoms with Crippen LogP contribution in [-0.2, 0) is 5.41 Å². The zero-order valence-electron chi connectivity index (χ0n) is 17.7. The van der Waals surface area contributed by atoms with Crippen molar-refractivity contribution in [2.24, 2.45) is 0 Å². The molecule has 0 radical (unpaired) electrons. The number of benzene rings is 1. The number of hydrogen-bond acceptors (Lipinski definition) is 4. The second-order valence-electron chi connectivity index (χ2n) is 8.67. The van der Waals surface area contributed by atoms with E-state index in [9.17, 15) is 0 Å². The summed E-state index contributed by atoms with van der Waals surface area (Å²) in [5, 5.41) is 0. The number of nitrogens with zero attached hydrogens (tertiary/aromatic N) is 3. The summed E-state index contributed by atoms with van der Waals surface area (Å²) in [6, 6.07) is 8.57. The minimum atomic E-state index is 0.101. The molecule has 0 aliphatic carbocycles. The third-order valence-electron chi connectivity index (χ3n) is 5.38. The van der Waals surface area contributed by atoms with Crippen molar-refractivity contribution in [1.29, 1.82) is 0 Å². The first-order chi connectivity index (χ1) is 13.2. The highest BCUT2D eigenvalue weighted by molar-refractivity contribution is 5.87. The lowest BCUT2D eigenvalue weighted by Gasteiger charge is -2.35. The number of aromatic nitrogens is 2. The Morgan fingerprint density at radius 2 is 1.46 bits per heavy atom. The lowest BCUT2D eigenvalue weighted by molar-refractivity contribution is 0.463. The molecule has 0 amide bonds. The number of aryl methyl sites for hydroxylation is 4. The second kappa shape index (κ2) is 6.33. The molecule has 4 rings (SSSR count). The Hall–Kier alpha value is -2.88. The van der Waals surface area contributed by atoms with Gasteiger partial charge in [0.05, 0.1) is 17.1 Å². The molecule has 0 fully saturated rings. The van der Waals surface area contributed by atoms with Crippen molar-refractivity contribution in [1.82, 2.24) is 9.97 Å². The number of fused-ring (bicyclic) bond motifs is 2. The lowest BCUT2D eigenvalue weighted by Crippen LogP contribution is -2.21. The summed E-state index contributed by atoms with van der Waals surface area (Å²) in [4.78, 5) is 11.4. The summed E-state index contributed by atoms with van der Waals surface area (Å²) in [7, 11) is 0. The molecule has 28 heavy (non-hydrogen) atoms. The molecular formula is C24H27N3O. The summed E-state index contributed by atoms with van der Waals surface area (Å²) in [6.45, 7) is 15.1. The van der Waals surface area contributed by atoms with Crippen LogP contribution in [0.4, 0.5) is 17.2 Å². The maximum absolute atomic E-state index is 6.28. The van der Waals surface area contributed by atoms with E-state index >= 15 is 0 Å². The molecule has 0 atom stereocenters. The van der Waals surface area contributed by atoms with Crippen molar-refractivity contribution in [2.75, 3.05) is 4.90 Å². The Bertz CT molecular complexity index is 1010. The zero-order valence-corrected chi connectivity index (χ0v) is 17.7. The van der Waals surface area contributed by atoms with Gasteiger partial charge in [0.15, 0.2) is 17.3 Å². The fourth-order valence-electron chi connectivity index (χ4n) is 3.84. The molecule has 0 unspecified atom stereocenters. The zero-order chi connectivity index (χ0) is 20.2. The predicted octanol–water partition coefficient (Wildman–Crippen LogP) is 6.58. The molecule has 3 aromatic rings. The molecule has 1 aliphatic heterocycles. The molecule has 0 saturated heterocycles. The van der Waals surface area contributed by atoms with Gasteiger partial charge >= 0.3 is 0 Å². The van der Waals surface area contributed by atoms with Gasteiger partial charge in [-0.15, -0.1) is 0 Å². The highest BCUT2D eigenvalue weighted by atomic mass is 16.5. The molecule has 4 nitrogen and oxygen atoms in total. The van der Waals surface area contributed by atoms with Crippen LogP contribution >= 0.6 is 0 Å². The Balaban J connectivity index is 2.02. The van der Waals surface area contributed by atoms with E-state index in [2.05, 4.69) is 63.6 Å². The van der Waals surface area contributed by atoms with E-state index in [1.54, 1.807) is 0 Å². The van der Waals surface area contributed by atoms with Gasteiger partial charge in [0.25, 0.3) is 0 Å². The van der Waals surface area contributed by atoms with Gasteiger partial charge in [-0.3, -0.25) is 9.88 Å². The maximum Gasteiger partial charge on any atom is 0.181 e. The topological polar surface area (TPSA) is 38.3 Å². The average molecular weight is 374 g/mol. The molecule has 144 valence electrons. The van der Waals surface area contributed by atoms with E-state index in [0.717, 1.165) is 39.9 Å². The van der Waals surface area contributed by atoms with Crippen LogP contribution in [0.25, 0.3) is 0 Å². The summed E-state index contributed by atoms with van der Waals surface area (Å²) in [5.41, 5.74) is 7.95. The molecule has 0 spiro atoms. The van der Waals surface area contributed by atoms with Crippen LogP contribution in [0.3, 0.4) is 0 Å². The molecule has 1 aliphatic rings. The van der Waals surface area contributed by atoms with Gasteiger partial charge in [0, 0.05) is 12.4 Å². The SMILES string of the molecule is Cc1ccnc2c1Oc1c(ccnc1C)N2c1c(C)cc(C(C)(C)C)cc1C. The molecule has 3 heterocycles. The summed E-state index contributed by atoms with van der Waals surface area (Å²) in [5.74, 6) is 2.42. The van der Waals surface area contributed by atoms with Gasteiger partial charge in [-0.1, -0.05) is 32.9 Å². The van der Waals surface area contributed by atoms with E-state index < -0.39 is 0 Å². The lowest BCUT2D eigenvalue weighted by atomic mass is 9.84. The first kappa shape index (κ1) is 18.5. The Morgan fingerprint density at radius 1 is 0.821 bits per heavy atom. The summed E-state index contributed by atoms with van der Waals surface area (Å²) < 4.78 is 6.28. The van der Waals surface area contributed by atoms with Crippen LogP contribution in [0.5, 0.6) is 11.5 Å². The summed E-state index contributed by atoms with van der Waals surface area (Å²) >= 11 is 0. The fraction of sp³-hybridized carbons (Fsp3) is 0.333.